The summed E-state index contributed by atoms with van der Waals surface area (Å²) in [6.07, 6.45) is 11.0. The number of amides is 2. The molecule has 3 aromatic heterocycles. The standard InChI is InChI=1S/C31H32N6O2/c32-28(38)11-3-1-2-10-25(19-35-31(39)26-14-15-29(33-20-26)37-16-6-7-17-37)30-34-21-27(36-30)24-13-12-22-8-4-5-9-23(22)18-24/h4-9,12-18,20-21,25H,1-3,10-11,19H2,(H2,32,38)(H,34,36)(H,35,39). The largest absolute Gasteiger partial charge is 0.370 e. The number of H-pyrrole nitrogens is 1. The smallest absolute Gasteiger partial charge is 0.252 e. The molecule has 4 N–H and O–H groups in total. The van der Waals surface area contributed by atoms with Crippen LogP contribution in [0.2, 0.25) is 0 Å². The molecular weight excluding hydrogens is 488 g/mol. The Labute approximate surface area is 227 Å². The average molecular weight is 521 g/mol. The van der Waals surface area contributed by atoms with Crippen molar-refractivity contribution in [3.63, 3.8) is 0 Å². The lowest BCUT2D eigenvalue weighted by Crippen LogP contribution is -2.29. The molecule has 8 heteroatoms. The minimum absolute atomic E-state index is 0.0103. The number of nitrogens with one attached hydrogen (secondary N) is 2. The van der Waals surface area contributed by atoms with Gasteiger partial charge in [-0.3, -0.25) is 9.59 Å². The second-order valence-electron chi connectivity index (χ2n) is 9.71. The summed E-state index contributed by atoms with van der Waals surface area (Å²) in [7, 11) is 0. The van der Waals surface area contributed by atoms with E-state index in [0.29, 0.717) is 18.5 Å². The van der Waals surface area contributed by atoms with Crippen LogP contribution in [0.1, 0.15) is 54.2 Å². The zero-order chi connectivity index (χ0) is 27.0. The Morgan fingerprint density at radius 3 is 2.49 bits per heavy atom. The van der Waals surface area contributed by atoms with Crippen molar-refractivity contribution in [2.24, 2.45) is 5.73 Å². The summed E-state index contributed by atoms with van der Waals surface area (Å²) >= 11 is 0. The first kappa shape index (κ1) is 25.9. The molecule has 2 aromatic carbocycles. The molecule has 0 spiro atoms. The van der Waals surface area contributed by atoms with Gasteiger partial charge in [0.25, 0.3) is 5.91 Å². The average Bonchev–Trinajstić information content (AvgIpc) is 3.67. The van der Waals surface area contributed by atoms with E-state index < -0.39 is 0 Å². The number of hydrogen-bond donors (Lipinski definition) is 3. The molecule has 198 valence electrons. The van der Waals surface area contributed by atoms with E-state index >= 15 is 0 Å². The summed E-state index contributed by atoms with van der Waals surface area (Å²) in [5, 5.41) is 5.42. The number of rotatable bonds is 12. The number of unbranched alkanes of at least 4 members (excludes halogenated alkanes) is 2. The maximum Gasteiger partial charge on any atom is 0.252 e. The van der Waals surface area contributed by atoms with E-state index in [4.69, 9.17) is 10.7 Å². The number of carbonyl (C=O) groups is 2. The summed E-state index contributed by atoms with van der Waals surface area (Å²) in [6.45, 7) is 0.429. The van der Waals surface area contributed by atoms with Crippen molar-refractivity contribution in [2.75, 3.05) is 6.54 Å². The quantitative estimate of drug-likeness (QED) is 0.192. The summed E-state index contributed by atoms with van der Waals surface area (Å²) < 4.78 is 1.89. The van der Waals surface area contributed by atoms with Crippen molar-refractivity contribution in [3.05, 3.63) is 103 Å². The molecule has 2 amide bonds. The Balaban J connectivity index is 1.27. The normalized spacial score (nSPS) is 11.9. The number of benzene rings is 2. The van der Waals surface area contributed by atoms with Gasteiger partial charge in [0.2, 0.25) is 5.91 Å². The summed E-state index contributed by atoms with van der Waals surface area (Å²) in [6, 6.07) is 22.1. The van der Waals surface area contributed by atoms with E-state index in [1.165, 1.54) is 10.8 Å². The van der Waals surface area contributed by atoms with Crippen molar-refractivity contribution >= 4 is 22.6 Å². The molecule has 1 unspecified atom stereocenters. The first-order valence-corrected chi connectivity index (χ1v) is 13.3. The van der Waals surface area contributed by atoms with Crippen LogP contribution in [0.5, 0.6) is 0 Å². The fourth-order valence-electron chi connectivity index (χ4n) is 4.73. The van der Waals surface area contributed by atoms with Crippen LogP contribution >= 0.6 is 0 Å². The molecule has 5 rings (SSSR count). The van der Waals surface area contributed by atoms with Crippen molar-refractivity contribution < 1.29 is 9.59 Å². The molecule has 0 aliphatic rings. The first-order chi connectivity index (χ1) is 19.1. The molecule has 0 saturated carbocycles. The molecule has 8 nitrogen and oxygen atoms in total. The number of hydrogen-bond acceptors (Lipinski definition) is 4. The Bertz CT molecular complexity index is 1540. The van der Waals surface area contributed by atoms with E-state index in [0.717, 1.165) is 48.6 Å². The van der Waals surface area contributed by atoms with Crippen molar-refractivity contribution in [3.8, 4) is 17.1 Å². The summed E-state index contributed by atoms with van der Waals surface area (Å²) in [4.78, 5) is 36.6. The molecule has 0 aliphatic heterocycles. The van der Waals surface area contributed by atoms with Gasteiger partial charge in [-0.25, -0.2) is 9.97 Å². The highest BCUT2D eigenvalue weighted by Gasteiger charge is 2.18. The molecule has 0 saturated heterocycles. The van der Waals surface area contributed by atoms with Gasteiger partial charge in [-0.05, 0) is 53.9 Å². The van der Waals surface area contributed by atoms with E-state index in [1.54, 1.807) is 12.3 Å². The third-order valence-electron chi connectivity index (χ3n) is 6.91. The lowest BCUT2D eigenvalue weighted by Gasteiger charge is -2.16. The number of primary amides is 1. The monoisotopic (exact) mass is 520 g/mol. The van der Waals surface area contributed by atoms with Crippen LogP contribution in [-0.2, 0) is 4.79 Å². The minimum Gasteiger partial charge on any atom is -0.370 e. The predicted molar refractivity (Wildman–Crippen MR) is 152 cm³/mol. The van der Waals surface area contributed by atoms with Crippen LogP contribution in [-0.4, -0.2) is 37.9 Å². The minimum atomic E-state index is -0.277. The molecular formula is C31H32N6O2. The van der Waals surface area contributed by atoms with Gasteiger partial charge in [0.05, 0.1) is 17.5 Å². The first-order valence-electron chi connectivity index (χ1n) is 13.3. The number of nitrogens with two attached hydrogens (primary N) is 1. The van der Waals surface area contributed by atoms with Gasteiger partial charge in [0, 0.05) is 43.0 Å². The van der Waals surface area contributed by atoms with Gasteiger partial charge in [-0.1, -0.05) is 49.2 Å². The fraction of sp³-hybridized carbons (Fsp3) is 0.226. The SMILES string of the molecule is NC(=O)CCCCCC(CNC(=O)c1ccc(-n2cccc2)nc1)c1ncc(-c2ccc3ccccc3c2)[nH]1. The molecule has 39 heavy (non-hydrogen) atoms. The van der Waals surface area contributed by atoms with Gasteiger partial charge in [0.1, 0.15) is 11.6 Å². The Morgan fingerprint density at radius 2 is 1.72 bits per heavy atom. The van der Waals surface area contributed by atoms with Gasteiger partial charge in [-0.15, -0.1) is 0 Å². The van der Waals surface area contributed by atoms with Crippen molar-refractivity contribution in [1.82, 2.24) is 24.8 Å². The molecule has 1 atom stereocenters. The zero-order valence-corrected chi connectivity index (χ0v) is 21.7. The Morgan fingerprint density at radius 1 is 0.897 bits per heavy atom. The van der Waals surface area contributed by atoms with Crippen LogP contribution in [0.25, 0.3) is 27.8 Å². The Kier molecular flexibility index (Phi) is 8.12. The molecule has 0 aliphatic carbocycles. The van der Waals surface area contributed by atoms with Crippen LogP contribution in [0.15, 0.2) is 91.5 Å². The molecule has 3 heterocycles. The maximum absolute atomic E-state index is 12.9. The van der Waals surface area contributed by atoms with Crippen LogP contribution in [0.3, 0.4) is 0 Å². The van der Waals surface area contributed by atoms with Gasteiger partial charge < -0.3 is 20.6 Å². The number of aromatic amines is 1. The third kappa shape index (κ3) is 6.59. The highest BCUT2D eigenvalue weighted by atomic mass is 16.2. The summed E-state index contributed by atoms with van der Waals surface area (Å²) in [5.41, 5.74) is 7.78. The molecule has 0 fully saturated rings. The number of imidazole rings is 1. The number of pyridine rings is 1. The highest BCUT2D eigenvalue weighted by Crippen LogP contribution is 2.26. The molecule has 0 bridgehead atoms. The highest BCUT2D eigenvalue weighted by molar-refractivity contribution is 5.94. The van der Waals surface area contributed by atoms with Crippen molar-refractivity contribution in [2.45, 2.75) is 38.0 Å². The van der Waals surface area contributed by atoms with Gasteiger partial charge in [-0.2, -0.15) is 0 Å². The topological polar surface area (TPSA) is 119 Å². The second kappa shape index (κ2) is 12.2. The van der Waals surface area contributed by atoms with Gasteiger partial charge >= 0.3 is 0 Å². The molecule has 0 radical (unpaired) electrons. The van der Waals surface area contributed by atoms with Crippen LogP contribution in [0.4, 0.5) is 0 Å². The van der Waals surface area contributed by atoms with Crippen LogP contribution < -0.4 is 11.1 Å². The second-order valence-corrected chi connectivity index (χ2v) is 9.71. The number of carbonyl (C=O) groups excluding carboxylic acids is 2. The van der Waals surface area contributed by atoms with Crippen molar-refractivity contribution in [1.29, 1.82) is 0 Å². The van der Waals surface area contributed by atoms with E-state index in [2.05, 4.69) is 45.6 Å². The number of aromatic nitrogens is 4. The van der Waals surface area contributed by atoms with E-state index in [1.807, 2.05) is 53.5 Å². The zero-order valence-electron chi connectivity index (χ0n) is 21.7. The van der Waals surface area contributed by atoms with E-state index in [9.17, 15) is 9.59 Å². The number of nitrogens with zero attached hydrogens (tertiary/aromatic N) is 3. The van der Waals surface area contributed by atoms with Crippen LogP contribution in [0, 0.1) is 0 Å². The Hall–Kier alpha value is -4.72. The lowest BCUT2D eigenvalue weighted by molar-refractivity contribution is -0.118. The molecule has 5 aromatic rings. The third-order valence-corrected chi connectivity index (χ3v) is 6.91. The number of fused-ring (bicyclic) bond motifs is 1. The van der Waals surface area contributed by atoms with E-state index in [-0.39, 0.29) is 17.7 Å². The predicted octanol–water partition coefficient (Wildman–Crippen LogP) is 5.37. The lowest BCUT2D eigenvalue weighted by atomic mass is 9.99. The maximum atomic E-state index is 12.9. The van der Waals surface area contributed by atoms with Gasteiger partial charge in [0.15, 0.2) is 0 Å². The summed E-state index contributed by atoms with van der Waals surface area (Å²) in [5.74, 6) is 1.11. The fourth-order valence-corrected chi connectivity index (χ4v) is 4.73.